The first-order valence-corrected chi connectivity index (χ1v) is 8.86. The molecule has 96 valence electrons. The molecule has 0 amide bonds. The van der Waals surface area contributed by atoms with E-state index in [-0.39, 0.29) is 16.6 Å². The monoisotopic (exact) mass is 246 g/mol. The van der Waals surface area contributed by atoms with Crippen LogP contribution in [-0.4, -0.2) is 36.8 Å². The van der Waals surface area contributed by atoms with E-state index in [0.717, 1.165) is 0 Å². The van der Waals surface area contributed by atoms with E-state index in [1.807, 2.05) is 13.8 Å². The Labute approximate surface area is 100.0 Å². The molecule has 16 heavy (non-hydrogen) atoms. The first-order chi connectivity index (χ1) is 6.91. The van der Waals surface area contributed by atoms with E-state index < -0.39 is 20.5 Å². The van der Waals surface area contributed by atoms with Crippen molar-refractivity contribution in [1.82, 2.24) is 0 Å². The summed E-state index contributed by atoms with van der Waals surface area (Å²) in [5.74, 6) is 0. The lowest BCUT2D eigenvalue weighted by molar-refractivity contribution is -0.228. The van der Waals surface area contributed by atoms with Gasteiger partial charge in [-0.1, -0.05) is 34.6 Å². The molecule has 1 saturated carbocycles. The molecule has 1 rings (SSSR count). The summed E-state index contributed by atoms with van der Waals surface area (Å²) in [6.45, 7) is 14.8. The first kappa shape index (κ1) is 14.2. The minimum Gasteiger partial charge on any atom is -0.411 e. The van der Waals surface area contributed by atoms with Crippen molar-refractivity contribution in [2.24, 2.45) is 5.41 Å². The SMILES string of the molecule is CC1(C)[C@@H](O)[C@H](O)[C@@H]1O[Si](C)(C)C(C)(C)C. The van der Waals surface area contributed by atoms with Gasteiger partial charge in [0.05, 0.1) is 12.2 Å². The topological polar surface area (TPSA) is 49.7 Å². The molecule has 0 radical (unpaired) electrons. The molecule has 1 fully saturated rings. The van der Waals surface area contributed by atoms with Crippen LogP contribution >= 0.6 is 0 Å². The van der Waals surface area contributed by atoms with Crippen molar-refractivity contribution in [3.8, 4) is 0 Å². The van der Waals surface area contributed by atoms with Crippen molar-refractivity contribution >= 4 is 8.32 Å². The summed E-state index contributed by atoms with van der Waals surface area (Å²) in [6.07, 6.45) is -1.63. The van der Waals surface area contributed by atoms with Crippen molar-refractivity contribution in [1.29, 1.82) is 0 Å². The summed E-state index contributed by atoms with van der Waals surface area (Å²) in [5.41, 5.74) is -0.338. The second-order valence-corrected chi connectivity index (χ2v) is 11.8. The average Bonchev–Trinajstić information content (AvgIpc) is 2.10. The van der Waals surface area contributed by atoms with Gasteiger partial charge in [0, 0.05) is 5.41 Å². The van der Waals surface area contributed by atoms with Crippen molar-refractivity contribution in [3.05, 3.63) is 0 Å². The predicted octanol–water partition coefficient (Wildman–Crippen LogP) is 2.14. The molecule has 0 bridgehead atoms. The second-order valence-electron chi connectivity index (χ2n) is 7.06. The Kier molecular flexibility index (Phi) is 3.36. The van der Waals surface area contributed by atoms with Crippen molar-refractivity contribution in [2.75, 3.05) is 0 Å². The average molecular weight is 246 g/mol. The van der Waals surface area contributed by atoms with Crippen LogP contribution in [0.1, 0.15) is 34.6 Å². The predicted molar refractivity (Wildman–Crippen MR) is 67.9 cm³/mol. The van der Waals surface area contributed by atoms with Gasteiger partial charge < -0.3 is 14.6 Å². The lowest BCUT2D eigenvalue weighted by atomic mass is 9.64. The number of hydrogen-bond acceptors (Lipinski definition) is 3. The molecule has 0 spiro atoms. The Balaban J connectivity index is 2.77. The highest BCUT2D eigenvalue weighted by atomic mass is 28.4. The van der Waals surface area contributed by atoms with Crippen LogP contribution in [0.4, 0.5) is 0 Å². The van der Waals surface area contributed by atoms with Gasteiger partial charge in [0.15, 0.2) is 8.32 Å². The van der Waals surface area contributed by atoms with E-state index in [1.54, 1.807) is 0 Å². The number of aliphatic hydroxyl groups excluding tert-OH is 2. The molecule has 4 heteroatoms. The highest BCUT2D eigenvalue weighted by Gasteiger charge is 2.58. The first-order valence-electron chi connectivity index (χ1n) is 5.95. The van der Waals surface area contributed by atoms with Crippen LogP contribution in [0.2, 0.25) is 18.1 Å². The molecule has 0 unspecified atom stereocenters. The molecule has 0 saturated heterocycles. The quantitative estimate of drug-likeness (QED) is 0.734. The fourth-order valence-electron chi connectivity index (χ4n) is 1.81. The summed E-state index contributed by atoms with van der Waals surface area (Å²) in [7, 11) is -1.87. The maximum Gasteiger partial charge on any atom is 0.192 e. The third kappa shape index (κ3) is 2.08. The molecule has 0 aromatic rings. The Bertz CT molecular complexity index is 268. The van der Waals surface area contributed by atoms with Gasteiger partial charge >= 0.3 is 0 Å². The summed E-state index contributed by atoms with van der Waals surface area (Å²) in [4.78, 5) is 0. The van der Waals surface area contributed by atoms with Crippen molar-refractivity contribution in [3.63, 3.8) is 0 Å². The van der Waals surface area contributed by atoms with Gasteiger partial charge in [0.1, 0.15) is 6.10 Å². The summed E-state index contributed by atoms with van der Waals surface area (Å²) in [5, 5.41) is 19.6. The van der Waals surface area contributed by atoms with Gasteiger partial charge in [0.2, 0.25) is 0 Å². The van der Waals surface area contributed by atoms with Gasteiger partial charge in [-0.15, -0.1) is 0 Å². The number of rotatable bonds is 2. The minimum absolute atomic E-state index is 0.128. The molecule has 3 nitrogen and oxygen atoms in total. The molecule has 1 aliphatic rings. The smallest absolute Gasteiger partial charge is 0.192 e. The molecule has 0 heterocycles. The fourth-order valence-corrected chi connectivity index (χ4v) is 3.24. The largest absolute Gasteiger partial charge is 0.411 e. The van der Waals surface area contributed by atoms with Crippen molar-refractivity contribution < 1.29 is 14.6 Å². The van der Waals surface area contributed by atoms with Gasteiger partial charge in [-0.25, -0.2) is 0 Å². The number of hydrogen-bond donors (Lipinski definition) is 2. The zero-order chi connectivity index (χ0) is 12.9. The van der Waals surface area contributed by atoms with Crippen LogP contribution in [-0.2, 0) is 4.43 Å². The Hall–Kier alpha value is 0.0969. The van der Waals surface area contributed by atoms with E-state index in [4.69, 9.17) is 4.43 Å². The third-order valence-electron chi connectivity index (χ3n) is 4.36. The molecule has 0 aliphatic heterocycles. The lowest BCUT2D eigenvalue weighted by Gasteiger charge is -2.56. The van der Waals surface area contributed by atoms with Crippen LogP contribution in [0.5, 0.6) is 0 Å². The van der Waals surface area contributed by atoms with Crippen LogP contribution in [0.25, 0.3) is 0 Å². The Morgan fingerprint density at radius 2 is 1.56 bits per heavy atom. The van der Waals surface area contributed by atoms with Crippen molar-refractivity contribution in [2.45, 2.75) is 71.1 Å². The van der Waals surface area contributed by atoms with Crippen LogP contribution in [0.3, 0.4) is 0 Å². The number of aliphatic hydroxyl groups is 2. The third-order valence-corrected chi connectivity index (χ3v) is 8.81. The molecule has 0 aromatic heterocycles. The standard InChI is InChI=1S/C12H26O3Si/c1-11(2,3)16(6,7)15-10-8(13)9(14)12(10,4)5/h8-10,13-14H,1-7H3/t8-,9-,10-/m0/s1. The fraction of sp³-hybridized carbons (Fsp3) is 1.00. The molecule has 3 atom stereocenters. The summed E-state index contributed by atoms with van der Waals surface area (Å²) >= 11 is 0. The molecule has 2 N–H and O–H groups in total. The van der Waals surface area contributed by atoms with E-state index in [0.29, 0.717) is 0 Å². The molecular weight excluding hydrogens is 220 g/mol. The maximum atomic E-state index is 9.79. The highest BCUT2D eigenvalue weighted by molar-refractivity contribution is 6.74. The van der Waals surface area contributed by atoms with Gasteiger partial charge in [0.25, 0.3) is 0 Å². The van der Waals surface area contributed by atoms with Gasteiger partial charge in [-0.3, -0.25) is 0 Å². The van der Waals surface area contributed by atoms with Crippen LogP contribution in [0, 0.1) is 5.41 Å². The van der Waals surface area contributed by atoms with E-state index >= 15 is 0 Å². The van der Waals surface area contributed by atoms with Crippen LogP contribution < -0.4 is 0 Å². The lowest BCUT2D eigenvalue weighted by Crippen LogP contribution is -2.69. The highest BCUT2D eigenvalue weighted by Crippen LogP contribution is 2.47. The Morgan fingerprint density at radius 1 is 1.12 bits per heavy atom. The van der Waals surface area contributed by atoms with E-state index in [2.05, 4.69) is 33.9 Å². The molecule has 0 aromatic carbocycles. The van der Waals surface area contributed by atoms with Gasteiger partial charge in [-0.05, 0) is 18.1 Å². The van der Waals surface area contributed by atoms with E-state index in [1.165, 1.54) is 0 Å². The minimum atomic E-state index is -1.87. The zero-order valence-electron chi connectivity index (χ0n) is 11.5. The second kappa shape index (κ2) is 3.80. The van der Waals surface area contributed by atoms with Crippen LogP contribution in [0.15, 0.2) is 0 Å². The normalized spacial score (nSPS) is 34.7. The van der Waals surface area contributed by atoms with E-state index in [9.17, 15) is 10.2 Å². The molecule has 1 aliphatic carbocycles. The van der Waals surface area contributed by atoms with Gasteiger partial charge in [-0.2, -0.15) is 0 Å². The summed E-state index contributed by atoms with van der Waals surface area (Å²) in [6, 6.07) is 0. The zero-order valence-corrected chi connectivity index (χ0v) is 12.5. The molecular formula is C12H26O3Si. The maximum absolute atomic E-state index is 9.79. The summed E-state index contributed by atoms with van der Waals surface area (Å²) < 4.78 is 6.17. The Morgan fingerprint density at radius 3 is 1.88 bits per heavy atom.